The van der Waals surface area contributed by atoms with Crippen LogP contribution >= 0.6 is 11.6 Å². The summed E-state index contributed by atoms with van der Waals surface area (Å²) in [6.07, 6.45) is 0. The van der Waals surface area contributed by atoms with Gasteiger partial charge in [0.1, 0.15) is 0 Å². The maximum atomic E-state index is 11.7. The summed E-state index contributed by atoms with van der Waals surface area (Å²) in [5.41, 5.74) is 0.467. The first kappa shape index (κ1) is 13.3. The second-order valence-electron chi connectivity index (χ2n) is 3.70. The van der Waals surface area contributed by atoms with Gasteiger partial charge in [-0.2, -0.15) is 0 Å². The van der Waals surface area contributed by atoms with Crippen LogP contribution in [0.3, 0.4) is 0 Å². The van der Waals surface area contributed by atoms with Gasteiger partial charge in [0.25, 0.3) is 0 Å². The molecule has 0 N–H and O–H groups in total. The Morgan fingerprint density at radius 2 is 1.79 bits per heavy atom. The van der Waals surface area contributed by atoms with E-state index in [9.17, 15) is 9.59 Å². The lowest BCUT2D eigenvalue weighted by molar-refractivity contribution is 0.0550. The van der Waals surface area contributed by atoms with Crippen molar-refractivity contribution >= 4 is 34.4 Å². The zero-order chi connectivity index (χ0) is 14.0. The Labute approximate surface area is 114 Å². The highest BCUT2D eigenvalue weighted by molar-refractivity contribution is 6.31. The number of hydrogen-bond donors (Lipinski definition) is 0. The number of hydrogen-bond acceptors (Lipinski definition) is 5. The van der Waals surface area contributed by atoms with E-state index in [-0.39, 0.29) is 11.3 Å². The molecule has 1 aromatic heterocycles. The second kappa shape index (κ2) is 5.24. The van der Waals surface area contributed by atoms with Crippen LogP contribution in [0.5, 0.6) is 0 Å². The van der Waals surface area contributed by atoms with Gasteiger partial charge in [-0.15, -0.1) is 0 Å². The van der Waals surface area contributed by atoms with Gasteiger partial charge in [-0.25, -0.2) is 14.6 Å². The van der Waals surface area contributed by atoms with Crippen molar-refractivity contribution in [2.75, 3.05) is 14.2 Å². The van der Waals surface area contributed by atoms with Crippen molar-refractivity contribution in [3.05, 3.63) is 40.5 Å². The van der Waals surface area contributed by atoms with Gasteiger partial charge in [-0.3, -0.25) is 0 Å². The molecule has 0 aliphatic heterocycles. The van der Waals surface area contributed by atoms with Gasteiger partial charge in [0.05, 0.1) is 25.3 Å². The van der Waals surface area contributed by atoms with E-state index in [0.717, 1.165) is 0 Å². The molecule has 0 spiro atoms. The molecule has 19 heavy (non-hydrogen) atoms. The van der Waals surface area contributed by atoms with Crippen LogP contribution in [0.15, 0.2) is 24.3 Å². The van der Waals surface area contributed by atoms with Crippen molar-refractivity contribution in [1.29, 1.82) is 0 Å². The van der Waals surface area contributed by atoms with Crippen LogP contribution < -0.4 is 0 Å². The summed E-state index contributed by atoms with van der Waals surface area (Å²) >= 11 is 5.87. The quantitative estimate of drug-likeness (QED) is 0.790. The minimum Gasteiger partial charge on any atom is -0.465 e. The molecule has 0 saturated carbocycles. The number of ether oxygens (including phenoxy) is 2. The van der Waals surface area contributed by atoms with E-state index in [2.05, 4.69) is 14.5 Å². The molecule has 1 heterocycles. The summed E-state index contributed by atoms with van der Waals surface area (Å²) in [6, 6.07) is 6.50. The van der Waals surface area contributed by atoms with Crippen molar-refractivity contribution in [2.24, 2.45) is 0 Å². The lowest BCUT2D eigenvalue weighted by atomic mass is 10.1. The van der Waals surface area contributed by atoms with E-state index in [1.54, 1.807) is 18.2 Å². The number of aromatic nitrogens is 1. The Morgan fingerprint density at radius 3 is 2.42 bits per heavy atom. The van der Waals surface area contributed by atoms with Crippen LogP contribution in [-0.4, -0.2) is 31.1 Å². The largest absolute Gasteiger partial charge is 0.465 e. The molecule has 0 saturated heterocycles. The number of pyridine rings is 1. The van der Waals surface area contributed by atoms with E-state index >= 15 is 0 Å². The number of rotatable bonds is 2. The first-order valence-corrected chi connectivity index (χ1v) is 5.71. The van der Waals surface area contributed by atoms with Gasteiger partial charge in [0.2, 0.25) is 0 Å². The van der Waals surface area contributed by atoms with Crippen LogP contribution in [0.2, 0.25) is 5.02 Å². The van der Waals surface area contributed by atoms with E-state index in [1.165, 1.54) is 20.3 Å². The standard InChI is InChI=1S/C13H10ClNO4/c1-18-12(16)9-5-7-3-4-8(14)6-10(7)15-11(9)13(17)19-2/h3-6H,1-2H3. The molecular formula is C13H10ClNO4. The molecule has 98 valence electrons. The molecule has 0 radical (unpaired) electrons. The molecule has 1 aromatic carbocycles. The maximum Gasteiger partial charge on any atom is 0.357 e. The highest BCUT2D eigenvalue weighted by atomic mass is 35.5. The summed E-state index contributed by atoms with van der Waals surface area (Å²) in [6.45, 7) is 0. The molecule has 0 unspecified atom stereocenters. The fraction of sp³-hybridized carbons (Fsp3) is 0.154. The molecular weight excluding hydrogens is 270 g/mol. The van der Waals surface area contributed by atoms with Crippen molar-refractivity contribution in [3.63, 3.8) is 0 Å². The average Bonchev–Trinajstić information content (AvgIpc) is 2.44. The Balaban J connectivity index is 2.73. The lowest BCUT2D eigenvalue weighted by Crippen LogP contribution is -2.14. The summed E-state index contributed by atoms with van der Waals surface area (Å²) in [7, 11) is 2.45. The predicted octanol–water partition coefficient (Wildman–Crippen LogP) is 2.46. The van der Waals surface area contributed by atoms with Crippen molar-refractivity contribution in [3.8, 4) is 0 Å². The fourth-order valence-electron chi connectivity index (χ4n) is 1.66. The Morgan fingerprint density at radius 1 is 1.11 bits per heavy atom. The Hall–Kier alpha value is -2.14. The predicted molar refractivity (Wildman–Crippen MR) is 69.4 cm³/mol. The van der Waals surface area contributed by atoms with Gasteiger partial charge in [0.15, 0.2) is 5.69 Å². The maximum absolute atomic E-state index is 11.7. The van der Waals surface area contributed by atoms with E-state index in [1.807, 2.05) is 0 Å². The molecule has 0 amide bonds. The molecule has 2 rings (SSSR count). The van der Waals surface area contributed by atoms with Crippen molar-refractivity contribution in [2.45, 2.75) is 0 Å². The van der Waals surface area contributed by atoms with Crippen molar-refractivity contribution < 1.29 is 19.1 Å². The first-order chi connectivity index (χ1) is 9.06. The number of methoxy groups -OCH3 is 2. The monoisotopic (exact) mass is 279 g/mol. The highest BCUT2D eigenvalue weighted by Gasteiger charge is 2.21. The minimum atomic E-state index is -0.706. The average molecular weight is 280 g/mol. The highest BCUT2D eigenvalue weighted by Crippen LogP contribution is 2.21. The smallest absolute Gasteiger partial charge is 0.357 e. The van der Waals surface area contributed by atoms with Crippen LogP contribution in [0.1, 0.15) is 20.8 Å². The minimum absolute atomic E-state index is 0.0594. The normalized spacial score (nSPS) is 10.3. The van der Waals surface area contributed by atoms with Gasteiger partial charge in [-0.05, 0) is 18.2 Å². The number of fused-ring (bicyclic) bond motifs is 1. The summed E-state index contributed by atoms with van der Waals surface area (Å²) in [5.74, 6) is -1.35. The molecule has 0 aliphatic rings. The molecule has 5 nitrogen and oxygen atoms in total. The van der Waals surface area contributed by atoms with Gasteiger partial charge >= 0.3 is 11.9 Å². The van der Waals surface area contributed by atoms with Crippen LogP contribution in [0.25, 0.3) is 10.9 Å². The molecule has 0 bridgehead atoms. The summed E-state index contributed by atoms with van der Waals surface area (Å²) in [5, 5.41) is 1.17. The van der Waals surface area contributed by atoms with Crippen LogP contribution in [0, 0.1) is 0 Å². The second-order valence-corrected chi connectivity index (χ2v) is 4.14. The number of benzene rings is 1. The van der Waals surface area contributed by atoms with Crippen molar-refractivity contribution in [1.82, 2.24) is 4.98 Å². The summed E-state index contributed by atoms with van der Waals surface area (Å²) in [4.78, 5) is 27.4. The van der Waals surface area contributed by atoms with Crippen LogP contribution in [0.4, 0.5) is 0 Å². The van der Waals surface area contributed by atoms with Gasteiger partial charge in [-0.1, -0.05) is 17.7 Å². The SMILES string of the molecule is COC(=O)c1cc2ccc(Cl)cc2nc1C(=O)OC. The molecule has 0 fully saturated rings. The van der Waals surface area contributed by atoms with Gasteiger partial charge < -0.3 is 9.47 Å². The van der Waals surface area contributed by atoms with E-state index < -0.39 is 11.9 Å². The lowest BCUT2D eigenvalue weighted by Gasteiger charge is -2.07. The third-order valence-electron chi connectivity index (χ3n) is 2.56. The Kier molecular flexibility index (Phi) is 3.66. The number of carbonyl (C=O) groups is 2. The van der Waals surface area contributed by atoms with Gasteiger partial charge in [0, 0.05) is 10.4 Å². The number of esters is 2. The number of carbonyl (C=O) groups excluding carboxylic acids is 2. The first-order valence-electron chi connectivity index (χ1n) is 5.33. The molecule has 6 heteroatoms. The zero-order valence-electron chi connectivity index (χ0n) is 10.3. The fourth-order valence-corrected chi connectivity index (χ4v) is 1.82. The molecule has 2 aromatic rings. The molecule has 0 aliphatic carbocycles. The summed E-state index contributed by atoms with van der Waals surface area (Å²) < 4.78 is 9.24. The van der Waals surface area contributed by atoms with E-state index in [4.69, 9.17) is 11.6 Å². The number of halogens is 1. The Bertz CT molecular complexity index is 669. The number of nitrogens with zero attached hydrogens (tertiary/aromatic N) is 1. The third-order valence-corrected chi connectivity index (χ3v) is 2.80. The van der Waals surface area contributed by atoms with Crippen LogP contribution in [-0.2, 0) is 9.47 Å². The molecule has 0 atom stereocenters. The zero-order valence-corrected chi connectivity index (χ0v) is 11.0. The third kappa shape index (κ3) is 2.51. The van der Waals surface area contributed by atoms with E-state index in [0.29, 0.717) is 15.9 Å². The topological polar surface area (TPSA) is 65.5 Å².